The van der Waals surface area contributed by atoms with E-state index in [0.717, 1.165) is 0 Å². The van der Waals surface area contributed by atoms with Gasteiger partial charge in [0.1, 0.15) is 0 Å². The van der Waals surface area contributed by atoms with Crippen molar-refractivity contribution in [3.8, 4) is 0 Å². The molecular formula is C4H8ClNO2S. The molecule has 0 heterocycles. The topological polar surface area (TPSA) is 60.2 Å². The van der Waals surface area contributed by atoms with Crippen LogP contribution in [-0.2, 0) is 9.05 Å². The van der Waals surface area contributed by atoms with Crippen LogP contribution in [0.25, 0.3) is 0 Å². The second-order valence-electron chi connectivity index (χ2n) is 2.33. The van der Waals surface area contributed by atoms with Crippen LogP contribution in [0.3, 0.4) is 0 Å². The lowest BCUT2D eigenvalue weighted by molar-refractivity contribution is 0.413. The fourth-order valence-electron chi connectivity index (χ4n) is 0.836. The lowest BCUT2D eigenvalue weighted by atomic mass is 9.94. The van der Waals surface area contributed by atoms with Crippen molar-refractivity contribution in [2.45, 2.75) is 24.1 Å². The Morgan fingerprint density at radius 3 is 2.00 bits per heavy atom. The Balaban J connectivity index is 2.51. The average Bonchev–Trinajstić information content (AvgIpc) is 1.55. The standard InChI is InChI=1S/C4H8ClNO2S/c5-9(7,8)4-1-3(6)2-4/h3-4H,1-2,6H2. The average molecular weight is 170 g/mol. The SMILES string of the molecule is NC1CC(S(=O)(=O)Cl)C1. The molecule has 1 aliphatic rings. The molecule has 0 atom stereocenters. The third kappa shape index (κ3) is 1.56. The van der Waals surface area contributed by atoms with Crippen LogP contribution in [0.2, 0.25) is 0 Å². The summed E-state index contributed by atoms with van der Waals surface area (Å²) in [5.41, 5.74) is 5.34. The molecule has 5 heteroatoms. The molecule has 2 N–H and O–H groups in total. The van der Waals surface area contributed by atoms with Crippen LogP contribution >= 0.6 is 10.7 Å². The summed E-state index contributed by atoms with van der Waals surface area (Å²) in [5, 5.41) is -0.380. The van der Waals surface area contributed by atoms with E-state index >= 15 is 0 Å². The van der Waals surface area contributed by atoms with Crippen molar-refractivity contribution in [2.24, 2.45) is 5.73 Å². The Morgan fingerprint density at radius 1 is 1.44 bits per heavy atom. The molecule has 0 aromatic carbocycles. The molecule has 1 saturated carbocycles. The Kier molecular flexibility index (Phi) is 1.71. The summed E-state index contributed by atoms with van der Waals surface area (Å²) in [5.74, 6) is 0. The molecule has 0 saturated heterocycles. The van der Waals surface area contributed by atoms with Gasteiger partial charge in [0.25, 0.3) is 0 Å². The summed E-state index contributed by atoms with van der Waals surface area (Å²) in [6, 6.07) is 0.0449. The van der Waals surface area contributed by atoms with Gasteiger partial charge in [-0.2, -0.15) is 0 Å². The number of rotatable bonds is 1. The largest absolute Gasteiger partial charge is 0.328 e. The molecular weight excluding hydrogens is 162 g/mol. The smallest absolute Gasteiger partial charge is 0.235 e. The first kappa shape index (κ1) is 7.31. The van der Waals surface area contributed by atoms with Gasteiger partial charge in [0.15, 0.2) is 0 Å². The van der Waals surface area contributed by atoms with Crippen molar-refractivity contribution in [1.29, 1.82) is 0 Å². The van der Waals surface area contributed by atoms with Crippen molar-refractivity contribution in [1.82, 2.24) is 0 Å². The summed E-state index contributed by atoms with van der Waals surface area (Å²) in [4.78, 5) is 0. The first-order valence-corrected chi connectivity index (χ1v) is 5.06. The summed E-state index contributed by atoms with van der Waals surface area (Å²) in [6.07, 6.45) is 1.04. The quantitative estimate of drug-likeness (QED) is 0.564. The Hall–Kier alpha value is 0.200. The van der Waals surface area contributed by atoms with E-state index in [0.29, 0.717) is 12.8 Å². The molecule has 3 nitrogen and oxygen atoms in total. The van der Waals surface area contributed by atoms with E-state index in [1.54, 1.807) is 0 Å². The van der Waals surface area contributed by atoms with Crippen molar-refractivity contribution in [2.75, 3.05) is 0 Å². The maximum absolute atomic E-state index is 10.5. The van der Waals surface area contributed by atoms with Crippen LogP contribution in [0.1, 0.15) is 12.8 Å². The summed E-state index contributed by atoms with van der Waals surface area (Å²) in [7, 11) is 1.71. The number of hydrogen-bond acceptors (Lipinski definition) is 3. The first-order valence-electron chi connectivity index (χ1n) is 2.69. The second kappa shape index (κ2) is 2.11. The van der Waals surface area contributed by atoms with Crippen molar-refractivity contribution in [3.05, 3.63) is 0 Å². The lowest BCUT2D eigenvalue weighted by Crippen LogP contribution is -2.42. The highest BCUT2D eigenvalue weighted by molar-refractivity contribution is 8.14. The van der Waals surface area contributed by atoms with Crippen LogP contribution in [0.5, 0.6) is 0 Å². The van der Waals surface area contributed by atoms with E-state index in [1.165, 1.54) is 0 Å². The summed E-state index contributed by atoms with van der Waals surface area (Å²) >= 11 is 0. The van der Waals surface area contributed by atoms with E-state index in [1.807, 2.05) is 0 Å². The predicted octanol–water partition coefficient (Wildman–Crippen LogP) is 0.0447. The molecule has 9 heavy (non-hydrogen) atoms. The third-order valence-corrected chi connectivity index (χ3v) is 3.47. The molecule has 1 aliphatic carbocycles. The normalized spacial score (nSPS) is 35.8. The molecule has 0 bridgehead atoms. The van der Waals surface area contributed by atoms with Crippen LogP contribution in [-0.4, -0.2) is 19.7 Å². The van der Waals surface area contributed by atoms with Crippen molar-refractivity contribution >= 4 is 19.7 Å². The zero-order valence-corrected chi connectivity index (χ0v) is 6.32. The number of hydrogen-bond donors (Lipinski definition) is 1. The number of halogens is 1. The fraction of sp³-hybridized carbons (Fsp3) is 1.00. The number of nitrogens with two attached hydrogens (primary N) is 1. The molecule has 0 aromatic rings. The highest BCUT2D eigenvalue weighted by atomic mass is 35.7. The third-order valence-electron chi connectivity index (χ3n) is 1.53. The molecule has 1 rings (SSSR count). The summed E-state index contributed by atoms with van der Waals surface area (Å²) < 4.78 is 20.9. The van der Waals surface area contributed by atoms with Gasteiger partial charge in [-0.05, 0) is 12.8 Å². The minimum atomic E-state index is -3.31. The van der Waals surface area contributed by atoms with Crippen LogP contribution in [0, 0.1) is 0 Å². The Bertz CT molecular complexity index is 195. The van der Waals surface area contributed by atoms with Crippen molar-refractivity contribution < 1.29 is 8.42 Å². The lowest BCUT2D eigenvalue weighted by Gasteiger charge is -2.29. The van der Waals surface area contributed by atoms with Gasteiger partial charge in [-0.3, -0.25) is 0 Å². The van der Waals surface area contributed by atoms with E-state index in [2.05, 4.69) is 0 Å². The summed E-state index contributed by atoms with van der Waals surface area (Å²) in [6.45, 7) is 0. The molecule has 0 radical (unpaired) electrons. The van der Waals surface area contributed by atoms with Gasteiger partial charge in [-0.1, -0.05) is 0 Å². The molecule has 0 unspecified atom stereocenters. The fourth-order valence-corrected chi connectivity index (χ4v) is 2.23. The maximum atomic E-state index is 10.5. The molecule has 0 aromatic heterocycles. The molecule has 54 valence electrons. The monoisotopic (exact) mass is 169 g/mol. The zero-order valence-electron chi connectivity index (χ0n) is 4.75. The van der Waals surface area contributed by atoms with Crippen LogP contribution in [0.4, 0.5) is 0 Å². The second-order valence-corrected chi connectivity index (χ2v) is 5.24. The molecule has 0 amide bonds. The van der Waals surface area contributed by atoms with Gasteiger partial charge < -0.3 is 5.73 Å². The minimum Gasteiger partial charge on any atom is -0.328 e. The van der Waals surface area contributed by atoms with Crippen LogP contribution < -0.4 is 5.73 Å². The van der Waals surface area contributed by atoms with E-state index in [9.17, 15) is 8.42 Å². The molecule has 0 aliphatic heterocycles. The van der Waals surface area contributed by atoms with Gasteiger partial charge in [0.2, 0.25) is 9.05 Å². The van der Waals surface area contributed by atoms with Gasteiger partial charge in [0.05, 0.1) is 5.25 Å². The van der Waals surface area contributed by atoms with E-state index < -0.39 is 9.05 Å². The maximum Gasteiger partial charge on any atom is 0.235 e. The van der Waals surface area contributed by atoms with E-state index in [-0.39, 0.29) is 11.3 Å². The Labute approximate surface area is 58.6 Å². The first-order chi connectivity index (χ1) is 4.00. The van der Waals surface area contributed by atoms with Crippen LogP contribution in [0.15, 0.2) is 0 Å². The minimum absolute atomic E-state index is 0.0449. The van der Waals surface area contributed by atoms with Crippen molar-refractivity contribution in [3.63, 3.8) is 0 Å². The van der Waals surface area contributed by atoms with Gasteiger partial charge in [-0.15, -0.1) is 0 Å². The Morgan fingerprint density at radius 2 is 1.89 bits per heavy atom. The van der Waals surface area contributed by atoms with E-state index in [4.69, 9.17) is 16.4 Å². The molecule has 0 spiro atoms. The van der Waals surface area contributed by atoms with Gasteiger partial charge in [-0.25, -0.2) is 8.42 Å². The highest BCUT2D eigenvalue weighted by Gasteiger charge is 2.35. The predicted molar refractivity (Wildman–Crippen MR) is 35.8 cm³/mol. The molecule has 1 fully saturated rings. The highest BCUT2D eigenvalue weighted by Crippen LogP contribution is 2.27. The van der Waals surface area contributed by atoms with Gasteiger partial charge in [0, 0.05) is 16.7 Å². The van der Waals surface area contributed by atoms with Gasteiger partial charge >= 0.3 is 0 Å². The zero-order chi connectivity index (χ0) is 7.07.